The molecular weight excluding hydrogens is 241 g/mol. The van der Waals surface area contributed by atoms with E-state index in [0.29, 0.717) is 6.42 Å². The van der Waals surface area contributed by atoms with Crippen LogP contribution < -0.4 is 4.90 Å². The van der Waals surface area contributed by atoms with E-state index in [4.69, 9.17) is 0 Å². The van der Waals surface area contributed by atoms with E-state index in [1.54, 1.807) is 17.0 Å². The van der Waals surface area contributed by atoms with Crippen LogP contribution in [0.2, 0.25) is 0 Å². The van der Waals surface area contributed by atoms with Crippen LogP contribution in [0.3, 0.4) is 0 Å². The first-order valence-corrected chi connectivity index (χ1v) is 6.36. The van der Waals surface area contributed by atoms with Crippen LogP contribution in [0, 0.1) is 5.82 Å². The fourth-order valence-corrected chi connectivity index (χ4v) is 2.45. The third-order valence-electron chi connectivity index (χ3n) is 3.46. The average Bonchev–Trinajstić information content (AvgIpc) is 2.67. The Balaban J connectivity index is 1.86. The average molecular weight is 255 g/mol. The lowest BCUT2D eigenvalue weighted by atomic mass is 9.92. The third kappa shape index (κ3) is 2.24. The van der Waals surface area contributed by atoms with Gasteiger partial charge in [-0.3, -0.25) is 4.79 Å². The van der Waals surface area contributed by atoms with E-state index in [1.165, 1.54) is 12.1 Å². The van der Waals surface area contributed by atoms with Gasteiger partial charge in [-0.1, -0.05) is 30.4 Å². The molecule has 96 valence electrons. The lowest BCUT2D eigenvalue weighted by Gasteiger charge is -2.41. The van der Waals surface area contributed by atoms with Crippen molar-refractivity contribution in [3.63, 3.8) is 0 Å². The number of allylic oxidation sites excluding steroid dienone is 4. The summed E-state index contributed by atoms with van der Waals surface area (Å²) >= 11 is 0. The smallest absolute Gasteiger partial charge is 0.230 e. The van der Waals surface area contributed by atoms with Crippen LogP contribution in [0.25, 0.3) is 0 Å². The van der Waals surface area contributed by atoms with Crippen molar-refractivity contribution in [2.24, 2.45) is 0 Å². The van der Waals surface area contributed by atoms with Gasteiger partial charge in [0.1, 0.15) is 5.82 Å². The van der Waals surface area contributed by atoms with E-state index in [-0.39, 0.29) is 17.8 Å². The van der Waals surface area contributed by atoms with E-state index in [9.17, 15) is 9.18 Å². The highest BCUT2D eigenvalue weighted by Crippen LogP contribution is 2.33. The van der Waals surface area contributed by atoms with Crippen molar-refractivity contribution in [3.05, 3.63) is 66.0 Å². The molecule has 3 heteroatoms. The molecule has 0 spiro atoms. The fourth-order valence-electron chi connectivity index (χ4n) is 2.45. The third-order valence-corrected chi connectivity index (χ3v) is 3.46. The van der Waals surface area contributed by atoms with Gasteiger partial charge in [-0.05, 0) is 36.3 Å². The summed E-state index contributed by atoms with van der Waals surface area (Å²) in [4.78, 5) is 13.6. The van der Waals surface area contributed by atoms with E-state index >= 15 is 0 Å². The van der Waals surface area contributed by atoms with Crippen LogP contribution >= 0.6 is 0 Å². The molecule has 2 aliphatic rings. The number of carbonyl (C=O) groups is 1. The lowest BCUT2D eigenvalue weighted by molar-refractivity contribution is -0.123. The number of rotatable bonds is 2. The predicted octanol–water partition coefficient (Wildman–Crippen LogP) is 3.37. The summed E-state index contributed by atoms with van der Waals surface area (Å²) in [6, 6.07) is 6.15. The number of carbonyl (C=O) groups excluding carboxylic acids is 1. The van der Waals surface area contributed by atoms with Crippen LogP contribution in [0.15, 0.2) is 60.2 Å². The minimum absolute atomic E-state index is 0.0779. The first-order valence-electron chi connectivity index (χ1n) is 6.36. The molecule has 3 rings (SSSR count). The topological polar surface area (TPSA) is 20.3 Å². The van der Waals surface area contributed by atoms with E-state index < -0.39 is 0 Å². The normalized spacial score (nSPS) is 21.9. The van der Waals surface area contributed by atoms with Crippen molar-refractivity contribution in [1.82, 2.24) is 0 Å². The number of hydrogen-bond donors (Lipinski definition) is 0. The molecule has 1 saturated heterocycles. The van der Waals surface area contributed by atoms with Crippen LogP contribution in [-0.4, -0.2) is 11.9 Å². The number of nitrogens with zero attached hydrogens (tertiary/aromatic N) is 1. The Morgan fingerprint density at radius 3 is 2.68 bits per heavy atom. The van der Waals surface area contributed by atoms with Crippen LogP contribution in [0.1, 0.15) is 12.8 Å². The zero-order valence-electron chi connectivity index (χ0n) is 10.4. The van der Waals surface area contributed by atoms with Crippen molar-refractivity contribution < 1.29 is 9.18 Å². The van der Waals surface area contributed by atoms with Gasteiger partial charge in [0.15, 0.2) is 0 Å². The highest BCUT2D eigenvalue weighted by Gasteiger charge is 2.38. The minimum Gasteiger partial charge on any atom is -0.304 e. The van der Waals surface area contributed by atoms with Crippen LogP contribution in [-0.2, 0) is 4.79 Å². The van der Waals surface area contributed by atoms with Crippen molar-refractivity contribution in [2.45, 2.75) is 18.9 Å². The molecule has 1 aliphatic heterocycles. The molecule has 1 atom stereocenters. The minimum atomic E-state index is -0.286. The van der Waals surface area contributed by atoms with Gasteiger partial charge in [0.05, 0.1) is 12.5 Å². The SMILES string of the molecule is O=C1C[C@@H](C2=CCC=CC=C2)N1c1ccc(F)cc1. The first-order chi connectivity index (χ1) is 9.25. The van der Waals surface area contributed by atoms with Crippen LogP contribution in [0.4, 0.5) is 10.1 Å². The Kier molecular flexibility index (Phi) is 3.03. The second-order valence-corrected chi connectivity index (χ2v) is 4.69. The number of amides is 1. The molecule has 0 N–H and O–H groups in total. The number of halogens is 1. The summed E-state index contributed by atoms with van der Waals surface area (Å²) in [6.45, 7) is 0. The zero-order valence-corrected chi connectivity index (χ0v) is 10.4. The quantitative estimate of drug-likeness (QED) is 0.742. The van der Waals surface area contributed by atoms with Gasteiger partial charge in [-0.15, -0.1) is 0 Å². The first kappa shape index (κ1) is 11.9. The van der Waals surface area contributed by atoms with Crippen molar-refractivity contribution in [3.8, 4) is 0 Å². The number of benzene rings is 1. The summed E-state index contributed by atoms with van der Waals surface area (Å²) in [7, 11) is 0. The Labute approximate surface area is 111 Å². The Morgan fingerprint density at radius 2 is 1.95 bits per heavy atom. The van der Waals surface area contributed by atoms with E-state index in [1.807, 2.05) is 18.2 Å². The van der Waals surface area contributed by atoms with Crippen molar-refractivity contribution in [2.75, 3.05) is 4.90 Å². The van der Waals surface area contributed by atoms with E-state index in [0.717, 1.165) is 17.7 Å². The molecule has 1 amide bonds. The van der Waals surface area contributed by atoms with Gasteiger partial charge in [-0.25, -0.2) is 4.39 Å². The molecule has 19 heavy (non-hydrogen) atoms. The molecule has 1 aromatic carbocycles. The van der Waals surface area contributed by atoms with Gasteiger partial charge in [0.25, 0.3) is 0 Å². The maximum atomic E-state index is 12.9. The Morgan fingerprint density at radius 1 is 1.16 bits per heavy atom. The molecule has 0 saturated carbocycles. The monoisotopic (exact) mass is 255 g/mol. The molecule has 2 nitrogen and oxygen atoms in total. The zero-order chi connectivity index (χ0) is 13.2. The predicted molar refractivity (Wildman–Crippen MR) is 73.3 cm³/mol. The molecular formula is C16H14FNO. The molecule has 0 bridgehead atoms. The fraction of sp³-hybridized carbons (Fsp3) is 0.188. The molecule has 1 aromatic rings. The van der Waals surface area contributed by atoms with Crippen LogP contribution in [0.5, 0.6) is 0 Å². The van der Waals surface area contributed by atoms with Gasteiger partial charge in [0.2, 0.25) is 5.91 Å². The Bertz CT molecular complexity index is 583. The lowest BCUT2D eigenvalue weighted by Crippen LogP contribution is -2.53. The van der Waals surface area contributed by atoms with Gasteiger partial charge < -0.3 is 4.90 Å². The maximum absolute atomic E-state index is 12.9. The number of hydrogen-bond acceptors (Lipinski definition) is 1. The summed E-state index contributed by atoms with van der Waals surface area (Å²) < 4.78 is 12.9. The summed E-state index contributed by atoms with van der Waals surface area (Å²) in [5.41, 5.74) is 1.91. The molecule has 0 radical (unpaired) electrons. The van der Waals surface area contributed by atoms with Gasteiger partial charge >= 0.3 is 0 Å². The second kappa shape index (κ2) is 4.84. The van der Waals surface area contributed by atoms with Crippen molar-refractivity contribution in [1.29, 1.82) is 0 Å². The highest BCUT2D eigenvalue weighted by molar-refractivity contribution is 6.02. The number of β-lactam (4-membered cyclic amide) rings is 1. The van der Waals surface area contributed by atoms with Crippen molar-refractivity contribution >= 4 is 11.6 Å². The number of anilines is 1. The molecule has 0 aromatic heterocycles. The largest absolute Gasteiger partial charge is 0.304 e. The van der Waals surface area contributed by atoms with E-state index in [2.05, 4.69) is 12.2 Å². The second-order valence-electron chi connectivity index (χ2n) is 4.69. The summed E-state index contributed by atoms with van der Waals surface area (Å²) in [5, 5.41) is 0. The highest BCUT2D eigenvalue weighted by atomic mass is 19.1. The standard InChI is InChI=1S/C16H14FNO/c17-13-7-9-14(10-8-13)18-15(11-16(18)19)12-5-3-1-2-4-6-12/h1-3,5-10,15H,4,11H2/t15-/m0/s1. The summed E-state index contributed by atoms with van der Waals surface area (Å²) in [6.07, 6.45) is 11.6. The van der Waals surface area contributed by atoms with Gasteiger partial charge in [-0.2, -0.15) is 0 Å². The molecule has 1 aliphatic carbocycles. The maximum Gasteiger partial charge on any atom is 0.230 e. The van der Waals surface area contributed by atoms with Gasteiger partial charge in [0, 0.05) is 5.69 Å². The molecule has 1 fully saturated rings. The Hall–Kier alpha value is -2.16. The molecule has 0 unspecified atom stereocenters. The molecule has 1 heterocycles. The summed E-state index contributed by atoms with van der Waals surface area (Å²) in [5.74, 6) is -0.200.